The number of nitrogens with one attached hydrogen (secondary N) is 2. The van der Waals surface area contributed by atoms with Gasteiger partial charge in [0.05, 0.1) is 27.3 Å². The molecule has 0 saturated heterocycles. The number of furan rings is 1. The summed E-state index contributed by atoms with van der Waals surface area (Å²) >= 11 is 1.54. The van der Waals surface area contributed by atoms with Gasteiger partial charge in [-0.1, -0.05) is 24.3 Å². The lowest BCUT2D eigenvalue weighted by Gasteiger charge is -2.09. The number of benzene rings is 2. The third kappa shape index (κ3) is 2.95. The Kier molecular flexibility index (Phi) is 3.95. The molecule has 0 saturated carbocycles. The van der Waals surface area contributed by atoms with Gasteiger partial charge in [0.25, 0.3) is 5.91 Å². The lowest BCUT2D eigenvalue weighted by molar-refractivity contribution is 0.0911. The summed E-state index contributed by atoms with van der Waals surface area (Å²) in [4.78, 5) is 24.9. The Morgan fingerprint density at radius 1 is 1.04 bits per heavy atom. The van der Waals surface area contributed by atoms with Gasteiger partial charge in [-0.05, 0) is 43.3 Å². The molecule has 3 aromatic heterocycles. The Morgan fingerprint density at radius 3 is 2.64 bits per heavy atom. The Hall–Kier alpha value is -3.45. The van der Waals surface area contributed by atoms with Crippen molar-refractivity contribution in [1.82, 2.24) is 20.3 Å². The molecule has 138 valence electrons. The molecule has 0 bridgehead atoms. The third-order valence-electron chi connectivity index (χ3n) is 4.50. The van der Waals surface area contributed by atoms with Crippen LogP contribution in [0.15, 0.2) is 65.1 Å². The number of hydrogen-bond donors (Lipinski definition) is 2. The number of aromatic amines is 1. The van der Waals surface area contributed by atoms with Gasteiger partial charge in [0.1, 0.15) is 5.82 Å². The molecule has 3 heterocycles. The van der Waals surface area contributed by atoms with Crippen LogP contribution >= 0.6 is 11.3 Å². The predicted molar refractivity (Wildman–Crippen MR) is 109 cm³/mol. The van der Waals surface area contributed by atoms with E-state index >= 15 is 0 Å². The highest BCUT2D eigenvalue weighted by molar-refractivity contribution is 7.21. The highest BCUT2D eigenvalue weighted by Gasteiger charge is 2.19. The number of carbonyl (C=O) groups is 1. The zero-order valence-electron chi connectivity index (χ0n) is 15.0. The first kappa shape index (κ1) is 16.7. The minimum absolute atomic E-state index is 0.247. The second kappa shape index (κ2) is 6.61. The quantitative estimate of drug-likeness (QED) is 0.457. The number of rotatable bonds is 4. The van der Waals surface area contributed by atoms with Crippen molar-refractivity contribution in [3.05, 3.63) is 72.2 Å². The number of hydrogen-bond acceptors (Lipinski definition) is 5. The average Bonchev–Trinajstić information content (AvgIpc) is 3.44. The van der Waals surface area contributed by atoms with Crippen LogP contribution < -0.4 is 5.32 Å². The number of aromatic nitrogens is 3. The first-order chi connectivity index (χ1) is 13.7. The molecule has 0 aliphatic rings. The molecule has 1 atom stereocenters. The molecule has 0 radical (unpaired) electrons. The van der Waals surface area contributed by atoms with Crippen LogP contribution in [0.1, 0.15) is 29.3 Å². The van der Waals surface area contributed by atoms with E-state index in [0.29, 0.717) is 11.6 Å². The summed E-state index contributed by atoms with van der Waals surface area (Å²) < 4.78 is 6.84. The van der Waals surface area contributed by atoms with E-state index in [4.69, 9.17) is 4.42 Å². The number of nitrogens with zero attached hydrogens (tertiary/aromatic N) is 2. The van der Waals surface area contributed by atoms with E-state index in [2.05, 4.69) is 20.3 Å². The number of para-hydroxylation sites is 3. The van der Waals surface area contributed by atoms with Crippen LogP contribution in [0.3, 0.4) is 0 Å². The monoisotopic (exact) mass is 388 g/mol. The van der Waals surface area contributed by atoms with E-state index in [1.54, 1.807) is 12.1 Å². The number of fused-ring (bicyclic) bond motifs is 2. The minimum atomic E-state index is -0.291. The Morgan fingerprint density at radius 2 is 1.82 bits per heavy atom. The van der Waals surface area contributed by atoms with Crippen LogP contribution in [0.25, 0.3) is 32.0 Å². The van der Waals surface area contributed by atoms with E-state index < -0.39 is 0 Å². The molecule has 0 unspecified atom stereocenters. The number of amides is 1. The maximum Gasteiger partial charge on any atom is 0.287 e. The first-order valence-electron chi connectivity index (χ1n) is 8.89. The predicted octanol–water partition coefficient (Wildman–Crippen LogP) is 4.92. The molecule has 0 spiro atoms. The van der Waals surface area contributed by atoms with Crippen molar-refractivity contribution in [2.24, 2.45) is 0 Å². The molecule has 6 nitrogen and oxygen atoms in total. The molecular formula is C21H16N4O2S. The Balaban J connectivity index is 1.35. The number of carbonyl (C=O) groups excluding carboxylic acids is 1. The van der Waals surface area contributed by atoms with Gasteiger partial charge < -0.3 is 14.7 Å². The van der Waals surface area contributed by atoms with Crippen molar-refractivity contribution in [3.8, 4) is 10.8 Å². The van der Waals surface area contributed by atoms with E-state index in [1.807, 2.05) is 55.5 Å². The van der Waals surface area contributed by atoms with Crippen LogP contribution in [-0.4, -0.2) is 20.9 Å². The van der Waals surface area contributed by atoms with E-state index in [0.717, 1.165) is 26.3 Å². The summed E-state index contributed by atoms with van der Waals surface area (Å²) in [6.07, 6.45) is 0. The van der Waals surface area contributed by atoms with Crippen molar-refractivity contribution in [2.75, 3.05) is 0 Å². The lowest BCUT2D eigenvalue weighted by atomic mass is 10.3. The lowest BCUT2D eigenvalue weighted by Crippen LogP contribution is -2.26. The fourth-order valence-electron chi connectivity index (χ4n) is 3.07. The van der Waals surface area contributed by atoms with Crippen LogP contribution in [0.2, 0.25) is 0 Å². The summed E-state index contributed by atoms with van der Waals surface area (Å²) in [6.45, 7) is 1.88. The van der Waals surface area contributed by atoms with Crippen LogP contribution in [0, 0.1) is 0 Å². The molecular weight excluding hydrogens is 372 g/mol. The van der Waals surface area contributed by atoms with Gasteiger partial charge in [-0.15, -0.1) is 11.3 Å². The first-order valence-corrected chi connectivity index (χ1v) is 9.70. The molecule has 5 aromatic rings. The second-order valence-electron chi connectivity index (χ2n) is 6.48. The fraction of sp³-hybridized carbons (Fsp3) is 0.0952. The maximum atomic E-state index is 12.6. The largest absolute Gasteiger partial charge is 0.448 e. The second-order valence-corrected chi connectivity index (χ2v) is 7.52. The van der Waals surface area contributed by atoms with Gasteiger partial charge in [0, 0.05) is 0 Å². The Bertz CT molecular complexity index is 1230. The summed E-state index contributed by atoms with van der Waals surface area (Å²) in [5, 5.41) is 3.68. The number of H-pyrrole nitrogens is 1. The highest BCUT2D eigenvalue weighted by Crippen LogP contribution is 2.31. The normalized spacial score (nSPS) is 12.5. The van der Waals surface area contributed by atoms with Gasteiger partial charge in [-0.2, -0.15) is 0 Å². The van der Waals surface area contributed by atoms with Gasteiger partial charge in [-0.25, -0.2) is 9.97 Å². The summed E-state index contributed by atoms with van der Waals surface area (Å²) in [5.41, 5.74) is 2.73. The highest BCUT2D eigenvalue weighted by atomic mass is 32.1. The minimum Gasteiger partial charge on any atom is -0.448 e. The van der Waals surface area contributed by atoms with Gasteiger partial charge in [0.2, 0.25) is 0 Å². The number of thiazole rings is 1. The van der Waals surface area contributed by atoms with E-state index in [-0.39, 0.29) is 17.7 Å². The molecule has 1 amide bonds. The van der Waals surface area contributed by atoms with Crippen molar-refractivity contribution in [2.45, 2.75) is 13.0 Å². The third-order valence-corrected chi connectivity index (χ3v) is 5.55. The van der Waals surface area contributed by atoms with E-state index in [1.165, 1.54) is 11.3 Å². The molecule has 28 heavy (non-hydrogen) atoms. The van der Waals surface area contributed by atoms with Crippen LogP contribution in [0.4, 0.5) is 0 Å². The average molecular weight is 388 g/mol. The molecule has 0 fully saturated rings. The standard InChI is InChI=1S/C21H16N4O2S/c1-12(19-23-13-6-2-3-7-14(13)24-19)22-20(26)16-10-11-17(27-16)21-25-15-8-4-5-9-18(15)28-21/h2-12H,1H3,(H,22,26)(H,23,24)/t12-/m0/s1. The summed E-state index contributed by atoms with van der Waals surface area (Å²) in [7, 11) is 0. The fourth-order valence-corrected chi connectivity index (χ4v) is 3.99. The van der Waals surface area contributed by atoms with E-state index in [9.17, 15) is 4.79 Å². The maximum absolute atomic E-state index is 12.6. The molecule has 0 aliphatic heterocycles. The zero-order chi connectivity index (χ0) is 19.1. The molecule has 7 heteroatoms. The van der Waals surface area contributed by atoms with Gasteiger partial charge >= 0.3 is 0 Å². The summed E-state index contributed by atoms with van der Waals surface area (Å²) in [6, 6.07) is 18.8. The smallest absolute Gasteiger partial charge is 0.287 e. The van der Waals surface area contributed by atoms with Gasteiger partial charge in [-0.3, -0.25) is 4.79 Å². The molecule has 5 rings (SSSR count). The van der Waals surface area contributed by atoms with Crippen LogP contribution in [0.5, 0.6) is 0 Å². The number of imidazole rings is 1. The molecule has 2 aromatic carbocycles. The van der Waals surface area contributed by atoms with Crippen molar-refractivity contribution >= 4 is 38.5 Å². The SMILES string of the molecule is C[C@H](NC(=O)c1ccc(-c2nc3ccccc3s2)o1)c1nc2ccccc2[nH]1. The van der Waals surface area contributed by atoms with Gasteiger partial charge in [0.15, 0.2) is 16.5 Å². The Labute approximate surface area is 164 Å². The topological polar surface area (TPSA) is 83.8 Å². The zero-order valence-corrected chi connectivity index (χ0v) is 15.8. The van der Waals surface area contributed by atoms with Crippen LogP contribution in [-0.2, 0) is 0 Å². The molecule has 0 aliphatic carbocycles. The van der Waals surface area contributed by atoms with Crippen molar-refractivity contribution in [1.29, 1.82) is 0 Å². The van der Waals surface area contributed by atoms with Crippen molar-refractivity contribution < 1.29 is 9.21 Å². The summed E-state index contributed by atoms with van der Waals surface area (Å²) in [5.74, 6) is 1.24. The van der Waals surface area contributed by atoms with Crippen molar-refractivity contribution in [3.63, 3.8) is 0 Å². The molecule has 2 N–H and O–H groups in total.